The molecule has 5 nitrogen and oxygen atoms in total. The maximum atomic E-state index is 11.2. The maximum absolute atomic E-state index is 11.2. The minimum Gasteiger partial charge on any atom is -0.487 e. The van der Waals surface area contributed by atoms with Crippen molar-refractivity contribution in [2.45, 2.75) is 13.5 Å². The normalized spacial score (nSPS) is 11.2. The van der Waals surface area contributed by atoms with Crippen LogP contribution < -0.4 is 10.1 Å². The number of benzene rings is 2. The molecule has 0 fully saturated rings. The number of halogens is 3. The number of nitrogens with one attached hydrogen (secondary N) is 1. The molecular weight excluding hydrogens is 534 g/mol. The molecule has 2 N–H and O–H groups in total. The smallest absolute Gasteiger partial charge is 0.352 e. The summed E-state index contributed by atoms with van der Waals surface area (Å²) in [6, 6.07) is 11.2. The number of carboxylic acid groups (broad SMARTS) is 1. The van der Waals surface area contributed by atoms with Crippen molar-refractivity contribution in [1.82, 2.24) is 5.32 Å². The van der Waals surface area contributed by atoms with E-state index in [1.54, 1.807) is 12.1 Å². The molecule has 0 unspecified atom stereocenters. The third-order valence-corrected chi connectivity index (χ3v) is 4.82. The number of aliphatic carboxylic acids is 1. The molecular formula is C18H14Br3NO4. The van der Waals surface area contributed by atoms with E-state index < -0.39 is 11.9 Å². The van der Waals surface area contributed by atoms with Crippen LogP contribution in [0.1, 0.15) is 18.1 Å². The highest BCUT2D eigenvalue weighted by molar-refractivity contribution is 9.11. The second-order valence-corrected chi connectivity index (χ2v) is 7.90. The second kappa shape index (κ2) is 9.34. The summed E-state index contributed by atoms with van der Waals surface area (Å²) in [5.74, 6) is -1.08. The summed E-state index contributed by atoms with van der Waals surface area (Å²) in [5, 5.41) is 11.5. The highest BCUT2D eigenvalue weighted by Crippen LogP contribution is 2.36. The van der Waals surface area contributed by atoms with Gasteiger partial charge in [0.05, 0.1) is 8.95 Å². The minimum absolute atomic E-state index is 0.209. The first kappa shape index (κ1) is 20.7. The minimum atomic E-state index is -1.22. The molecule has 2 rings (SSSR count). The molecule has 0 bridgehead atoms. The largest absolute Gasteiger partial charge is 0.487 e. The fraction of sp³-hybridized carbons (Fsp3) is 0.111. The number of amides is 1. The van der Waals surface area contributed by atoms with Gasteiger partial charge < -0.3 is 15.2 Å². The van der Waals surface area contributed by atoms with Crippen LogP contribution >= 0.6 is 47.8 Å². The maximum Gasteiger partial charge on any atom is 0.352 e. The van der Waals surface area contributed by atoms with E-state index in [9.17, 15) is 14.7 Å². The number of carbonyl (C=O) groups excluding carboxylic acids is 1. The molecule has 0 atom stereocenters. The molecule has 0 radical (unpaired) electrons. The number of hydrogen-bond acceptors (Lipinski definition) is 3. The predicted octanol–water partition coefficient (Wildman–Crippen LogP) is 5.11. The molecule has 0 spiro atoms. The molecule has 2 aromatic carbocycles. The van der Waals surface area contributed by atoms with Crippen molar-refractivity contribution in [3.8, 4) is 5.75 Å². The molecule has 0 saturated heterocycles. The van der Waals surface area contributed by atoms with Gasteiger partial charge in [-0.3, -0.25) is 4.79 Å². The number of hydrogen-bond donors (Lipinski definition) is 2. The number of carboxylic acids is 1. The van der Waals surface area contributed by atoms with Crippen LogP contribution in [0.3, 0.4) is 0 Å². The molecule has 136 valence electrons. The van der Waals surface area contributed by atoms with E-state index in [0.29, 0.717) is 26.9 Å². The Kier molecular flexibility index (Phi) is 7.43. The molecule has 8 heteroatoms. The average molecular weight is 548 g/mol. The van der Waals surface area contributed by atoms with Crippen molar-refractivity contribution in [2.75, 3.05) is 0 Å². The molecule has 0 heterocycles. The summed E-state index contributed by atoms with van der Waals surface area (Å²) < 4.78 is 8.13. The Hall–Kier alpha value is -1.64. The standard InChI is InChI=1S/C18H14Br3NO4/c1-10(23)22-16(18(24)25)8-12-6-14(20)17(15(21)7-12)26-9-11-3-2-4-13(19)5-11/h2-8H,9H2,1H3,(H,22,23)(H,24,25)/b16-8+. The van der Waals surface area contributed by atoms with Crippen molar-refractivity contribution in [3.63, 3.8) is 0 Å². The van der Waals surface area contributed by atoms with E-state index >= 15 is 0 Å². The zero-order valence-electron chi connectivity index (χ0n) is 13.6. The van der Waals surface area contributed by atoms with Crippen LogP contribution in [0.5, 0.6) is 5.75 Å². The molecule has 0 aromatic heterocycles. The summed E-state index contributed by atoms with van der Waals surface area (Å²) in [7, 11) is 0. The lowest BCUT2D eigenvalue weighted by atomic mass is 10.2. The summed E-state index contributed by atoms with van der Waals surface area (Å²) in [5.41, 5.74) is 1.38. The molecule has 0 aliphatic heterocycles. The first-order valence-corrected chi connectivity index (χ1v) is 9.73. The summed E-state index contributed by atoms with van der Waals surface area (Å²) in [6.45, 7) is 1.62. The Morgan fingerprint density at radius 2 is 1.81 bits per heavy atom. The van der Waals surface area contributed by atoms with Crippen molar-refractivity contribution in [3.05, 3.63) is 66.6 Å². The number of ether oxygens (including phenoxy) is 1. The quantitative estimate of drug-likeness (QED) is 0.493. The Bertz CT molecular complexity index is 857. The molecule has 0 aliphatic rings. The van der Waals surface area contributed by atoms with Gasteiger partial charge in [0.1, 0.15) is 18.1 Å². The van der Waals surface area contributed by atoms with E-state index in [4.69, 9.17) is 4.74 Å². The summed E-state index contributed by atoms with van der Waals surface area (Å²) in [4.78, 5) is 22.4. The highest BCUT2D eigenvalue weighted by atomic mass is 79.9. The van der Waals surface area contributed by atoms with Gasteiger partial charge in [-0.25, -0.2) is 4.79 Å². The third kappa shape index (κ3) is 5.96. The lowest BCUT2D eigenvalue weighted by Gasteiger charge is -2.12. The van der Waals surface area contributed by atoms with E-state index in [1.165, 1.54) is 13.0 Å². The van der Waals surface area contributed by atoms with E-state index in [-0.39, 0.29) is 5.70 Å². The molecule has 0 saturated carbocycles. The monoisotopic (exact) mass is 545 g/mol. The lowest BCUT2D eigenvalue weighted by Crippen LogP contribution is -2.24. The van der Waals surface area contributed by atoms with Crippen LogP contribution in [0.2, 0.25) is 0 Å². The SMILES string of the molecule is CC(=O)N/C(=C/c1cc(Br)c(OCc2cccc(Br)c2)c(Br)c1)C(=O)O. The predicted molar refractivity (Wildman–Crippen MR) is 110 cm³/mol. The highest BCUT2D eigenvalue weighted by Gasteiger charge is 2.12. The van der Waals surface area contributed by atoms with Crippen LogP contribution in [0.25, 0.3) is 6.08 Å². The van der Waals surface area contributed by atoms with Crippen LogP contribution in [0.15, 0.2) is 55.5 Å². The van der Waals surface area contributed by atoms with Gasteiger partial charge in [0.2, 0.25) is 5.91 Å². The molecule has 2 aromatic rings. The Labute approximate surface area is 175 Å². The zero-order valence-corrected chi connectivity index (χ0v) is 18.3. The summed E-state index contributed by atoms with van der Waals surface area (Å²) in [6.07, 6.45) is 1.37. The zero-order chi connectivity index (χ0) is 19.3. The second-order valence-electron chi connectivity index (χ2n) is 5.28. The van der Waals surface area contributed by atoms with Gasteiger partial charge in [0, 0.05) is 11.4 Å². The van der Waals surface area contributed by atoms with Gasteiger partial charge in [-0.2, -0.15) is 0 Å². The fourth-order valence-electron chi connectivity index (χ4n) is 2.09. The van der Waals surface area contributed by atoms with Gasteiger partial charge >= 0.3 is 5.97 Å². The first-order valence-electron chi connectivity index (χ1n) is 7.35. The van der Waals surface area contributed by atoms with Gasteiger partial charge in [0.25, 0.3) is 0 Å². The van der Waals surface area contributed by atoms with Crippen molar-refractivity contribution in [2.24, 2.45) is 0 Å². The van der Waals surface area contributed by atoms with Gasteiger partial charge in [0.15, 0.2) is 0 Å². The van der Waals surface area contributed by atoms with E-state index in [2.05, 4.69) is 53.1 Å². The lowest BCUT2D eigenvalue weighted by molar-refractivity contribution is -0.134. The number of rotatable bonds is 6. The van der Waals surface area contributed by atoms with E-state index in [1.807, 2.05) is 24.3 Å². The van der Waals surface area contributed by atoms with Crippen LogP contribution in [-0.4, -0.2) is 17.0 Å². The third-order valence-electron chi connectivity index (χ3n) is 3.14. The molecule has 0 aliphatic carbocycles. The van der Waals surface area contributed by atoms with Gasteiger partial charge in [-0.05, 0) is 73.3 Å². The average Bonchev–Trinajstić information content (AvgIpc) is 2.53. The van der Waals surface area contributed by atoms with Crippen LogP contribution in [0, 0.1) is 0 Å². The Morgan fingerprint density at radius 3 is 2.35 bits per heavy atom. The van der Waals surface area contributed by atoms with Crippen molar-refractivity contribution >= 4 is 65.7 Å². The number of carbonyl (C=O) groups is 2. The van der Waals surface area contributed by atoms with Crippen LogP contribution in [0.4, 0.5) is 0 Å². The van der Waals surface area contributed by atoms with E-state index in [0.717, 1.165) is 10.0 Å². The molecule has 26 heavy (non-hydrogen) atoms. The Morgan fingerprint density at radius 1 is 1.15 bits per heavy atom. The van der Waals surface area contributed by atoms with Crippen molar-refractivity contribution in [1.29, 1.82) is 0 Å². The fourth-order valence-corrected chi connectivity index (χ4v) is 3.99. The molecule has 1 amide bonds. The topological polar surface area (TPSA) is 75.6 Å². The Balaban J connectivity index is 2.24. The first-order chi connectivity index (χ1) is 12.3. The van der Waals surface area contributed by atoms with Crippen molar-refractivity contribution < 1.29 is 19.4 Å². The van der Waals surface area contributed by atoms with Crippen LogP contribution in [-0.2, 0) is 16.2 Å². The summed E-state index contributed by atoms with van der Waals surface area (Å²) >= 11 is 10.3. The van der Waals surface area contributed by atoms with Gasteiger partial charge in [-0.1, -0.05) is 28.1 Å². The van der Waals surface area contributed by atoms with Gasteiger partial charge in [-0.15, -0.1) is 0 Å².